The van der Waals surface area contributed by atoms with E-state index in [0.717, 1.165) is 4.73 Å². The maximum Gasteiger partial charge on any atom is 2.00 e. The van der Waals surface area contributed by atoms with Crippen LogP contribution in [-0.2, 0) is 0 Å². The van der Waals surface area contributed by atoms with Gasteiger partial charge < -0.3 is 8.06 Å². The minimum Gasteiger partial charge on any atom is -1.00 e. The minimum absolute atomic E-state index is 0. The number of pyridine rings is 1. The summed E-state index contributed by atoms with van der Waals surface area (Å²) in [5.74, 6) is 0. The smallest absolute Gasteiger partial charge is 1.00 e. The summed E-state index contributed by atoms with van der Waals surface area (Å²) in [4.78, 5) is 0. The molecule has 46 valence electrons. The summed E-state index contributed by atoms with van der Waals surface area (Å²) in [7, 11) is 0. The Hall–Kier alpha value is -0.0638. The minimum atomic E-state index is 0. The molecule has 0 unspecified atom stereocenters. The first-order chi connectivity index (χ1) is 3.80. The molecule has 0 aliphatic carbocycles. The summed E-state index contributed by atoms with van der Waals surface area (Å²) in [5, 5.41) is 8.73. The van der Waals surface area contributed by atoms with Crippen molar-refractivity contribution in [2.24, 2.45) is 0 Å². The predicted molar refractivity (Wildman–Crippen MR) is 40.4 cm³/mol. The van der Waals surface area contributed by atoms with E-state index in [-0.39, 0.29) is 25.9 Å². The van der Waals surface area contributed by atoms with Crippen LogP contribution in [0.2, 0.25) is 0 Å². The average Bonchev–Trinajstić information content (AvgIpc) is 1.77. The Labute approximate surface area is 77.2 Å². The first-order valence-electron chi connectivity index (χ1n) is 2.17. The van der Waals surface area contributed by atoms with Crippen LogP contribution in [0.15, 0.2) is 24.4 Å². The van der Waals surface area contributed by atoms with E-state index in [1.807, 2.05) is 0 Å². The third-order valence-corrected chi connectivity index (χ3v) is 1.13. The molecule has 0 saturated heterocycles. The maximum absolute atomic E-state index is 8.73. The van der Waals surface area contributed by atoms with Gasteiger partial charge in [0.1, 0.15) is 4.64 Å². The van der Waals surface area contributed by atoms with E-state index in [4.69, 9.17) is 5.21 Å². The van der Waals surface area contributed by atoms with Gasteiger partial charge in [-0.05, 0) is 12.1 Å². The van der Waals surface area contributed by atoms with Crippen LogP contribution in [0, 0.1) is 4.64 Å². The van der Waals surface area contributed by atoms with E-state index in [0.29, 0.717) is 4.64 Å². The second-order valence-corrected chi connectivity index (χ2v) is 1.80. The topological polar surface area (TPSA) is 25.2 Å². The summed E-state index contributed by atoms with van der Waals surface area (Å²) in [6, 6.07) is 5.13. The fourth-order valence-electron chi connectivity index (χ4n) is 0.419. The molecule has 0 fully saturated rings. The number of aromatic nitrogens is 1. The SMILES string of the molecule is On1ccccc1=S.[H-].[H-].[Mg+2]. The molecular weight excluding hydrogens is 146 g/mol. The number of hydrogen-bond donors (Lipinski definition) is 1. The maximum atomic E-state index is 8.73. The average molecular weight is 153 g/mol. The Bertz CT molecular complexity index is 242. The third-order valence-electron chi connectivity index (χ3n) is 0.803. The van der Waals surface area contributed by atoms with Gasteiger partial charge in [0.2, 0.25) is 0 Å². The number of rotatable bonds is 0. The van der Waals surface area contributed by atoms with Crippen molar-refractivity contribution in [1.82, 2.24) is 4.73 Å². The molecule has 4 heteroatoms. The van der Waals surface area contributed by atoms with Crippen LogP contribution in [0.5, 0.6) is 0 Å². The summed E-state index contributed by atoms with van der Waals surface area (Å²) < 4.78 is 1.32. The van der Waals surface area contributed by atoms with Crippen molar-refractivity contribution in [2.45, 2.75) is 0 Å². The Morgan fingerprint density at radius 1 is 1.56 bits per heavy atom. The molecule has 0 aliphatic rings. The predicted octanol–water partition coefficient (Wildman–Crippen LogP) is 1.30. The molecule has 0 spiro atoms. The van der Waals surface area contributed by atoms with Crippen LogP contribution in [0.25, 0.3) is 0 Å². The molecule has 0 aromatic carbocycles. The van der Waals surface area contributed by atoms with Crippen molar-refractivity contribution in [3.63, 3.8) is 0 Å². The second-order valence-electron chi connectivity index (χ2n) is 1.38. The molecule has 1 aromatic rings. The molecule has 0 aliphatic heterocycles. The van der Waals surface area contributed by atoms with E-state index >= 15 is 0 Å². The molecule has 1 rings (SSSR count). The van der Waals surface area contributed by atoms with Gasteiger partial charge in [-0.3, -0.25) is 0 Å². The summed E-state index contributed by atoms with van der Waals surface area (Å²) in [6.07, 6.45) is 1.49. The number of nitrogens with zero attached hydrogens (tertiary/aromatic N) is 1. The molecule has 0 bridgehead atoms. The fraction of sp³-hybridized carbons (Fsp3) is 0. The van der Waals surface area contributed by atoms with E-state index in [9.17, 15) is 0 Å². The van der Waals surface area contributed by atoms with Crippen molar-refractivity contribution in [3.8, 4) is 0 Å². The van der Waals surface area contributed by atoms with Gasteiger partial charge in [-0.25, -0.2) is 0 Å². The van der Waals surface area contributed by atoms with Gasteiger partial charge in [0.15, 0.2) is 0 Å². The van der Waals surface area contributed by atoms with Crippen LogP contribution in [0.3, 0.4) is 0 Å². The first-order valence-corrected chi connectivity index (χ1v) is 2.58. The molecule has 0 atom stereocenters. The summed E-state index contributed by atoms with van der Waals surface area (Å²) in [5.41, 5.74) is 0. The van der Waals surface area contributed by atoms with Gasteiger partial charge in [-0.15, -0.1) is 0 Å². The normalized spacial score (nSPS) is 8.00. The molecular formula is C5H7MgNOS. The van der Waals surface area contributed by atoms with Crippen LogP contribution < -0.4 is 0 Å². The third kappa shape index (κ3) is 2.34. The number of hydrogen-bond acceptors (Lipinski definition) is 2. The Morgan fingerprint density at radius 2 is 2.22 bits per heavy atom. The Balaban J connectivity index is -0.000000213. The Kier molecular flexibility index (Phi) is 3.84. The van der Waals surface area contributed by atoms with Crippen LogP contribution in [0.4, 0.5) is 0 Å². The molecule has 0 saturated carbocycles. The molecule has 1 N–H and O–H groups in total. The quantitative estimate of drug-likeness (QED) is 0.345. The zero-order valence-electron chi connectivity index (χ0n) is 6.82. The van der Waals surface area contributed by atoms with E-state index in [2.05, 4.69) is 12.2 Å². The molecule has 9 heavy (non-hydrogen) atoms. The summed E-state index contributed by atoms with van der Waals surface area (Å²) in [6.45, 7) is 0. The molecule has 0 radical (unpaired) electrons. The van der Waals surface area contributed by atoms with Gasteiger partial charge in [0.05, 0.1) is 0 Å². The van der Waals surface area contributed by atoms with Gasteiger partial charge in [-0.1, -0.05) is 18.3 Å². The zero-order chi connectivity index (χ0) is 5.98. The first kappa shape index (κ1) is 8.94. The van der Waals surface area contributed by atoms with Crippen molar-refractivity contribution < 1.29 is 8.06 Å². The van der Waals surface area contributed by atoms with Gasteiger partial charge in [0, 0.05) is 6.20 Å². The van der Waals surface area contributed by atoms with Gasteiger partial charge >= 0.3 is 23.1 Å². The zero-order valence-corrected chi connectivity index (χ0v) is 7.05. The standard InChI is InChI=1S/C5H5NOS.Mg.2H/c7-6-4-2-1-3-5(6)8;;;/h1-4,7H;;;/q;+2;2*-1. The van der Waals surface area contributed by atoms with Crippen molar-refractivity contribution >= 4 is 35.3 Å². The van der Waals surface area contributed by atoms with E-state index in [1.165, 1.54) is 6.20 Å². The van der Waals surface area contributed by atoms with Gasteiger partial charge in [-0.2, -0.15) is 4.73 Å². The van der Waals surface area contributed by atoms with Crippen molar-refractivity contribution in [1.29, 1.82) is 0 Å². The summed E-state index contributed by atoms with van der Waals surface area (Å²) >= 11 is 4.67. The largest absolute Gasteiger partial charge is 2.00 e. The van der Waals surface area contributed by atoms with E-state index in [1.54, 1.807) is 18.2 Å². The Morgan fingerprint density at radius 3 is 2.56 bits per heavy atom. The van der Waals surface area contributed by atoms with Crippen LogP contribution in [-0.4, -0.2) is 33.0 Å². The monoisotopic (exact) mass is 153 g/mol. The van der Waals surface area contributed by atoms with Crippen molar-refractivity contribution in [2.75, 3.05) is 0 Å². The van der Waals surface area contributed by atoms with Crippen LogP contribution in [0.1, 0.15) is 2.85 Å². The molecule has 2 nitrogen and oxygen atoms in total. The van der Waals surface area contributed by atoms with Crippen LogP contribution >= 0.6 is 12.2 Å². The second kappa shape index (κ2) is 3.87. The molecule has 1 heterocycles. The molecule has 0 amide bonds. The molecule has 1 aromatic heterocycles. The van der Waals surface area contributed by atoms with Crippen molar-refractivity contribution in [3.05, 3.63) is 29.0 Å². The van der Waals surface area contributed by atoms with E-state index < -0.39 is 0 Å². The van der Waals surface area contributed by atoms with Gasteiger partial charge in [0.25, 0.3) is 0 Å². The fourth-order valence-corrected chi connectivity index (χ4v) is 0.558.